The first-order chi connectivity index (χ1) is 9.97. The van der Waals surface area contributed by atoms with Gasteiger partial charge in [-0.2, -0.15) is 5.10 Å². The molecule has 1 saturated carbocycles. The van der Waals surface area contributed by atoms with Crippen LogP contribution in [0.15, 0.2) is 0 Å². The third-order valence-electron chi connectivity index (χ3n) is 3.48. The number of aromatic nitrogens is 2. The molecule has 7 heteroatoms. The van der Waals surface area contributed by atoms with E-state index in [2.05, 4.69) is 10.4 Å². The molecule has 1 aromatic heterocycles. The van der Waals surface area contributed by atoms with Gasteiger partial charge >= 0.3 is 0 Å². The molecule has 0 spiro atoms. The summed E-state index contributed by atoms with van der Waals surface area (Å²) in [6, 6.07) is 0. The number of hydrogen-bond acceptors (Lipinski definition) is 4. The number of aryl methyl sites for hydroxylation is 1. The van der Waals surface area contributed by atoms with Gasteiger partial charge in [-0.15, -0.1) is 0 Å². The maximum Gasteiger partial charge on any atom is 0.241 e. The van der Waals surface area contributed by atoms with E-state index >= 15 is 0 Å². The molecule has 1 amide bonds. The van der Waals surface area contributed by atoms with Crippen LogP contribution in [-0.2, 0) is 16.1 Å². The van der Waals surface area contributed by atoms with Gasteiger partial charge in [-0.05, 0) is 32.6 Å². The molecular formula is C14H22ClN3O3. The van der Waals surface area contributed by atoms with Crippen molar-refractivity contribution < 1.29 is 14.6 Å². The number of nitrogens with one attached hydrogen (secondary N) is 1. The van der Waals surface area contributed by atoms with E-state index in [0.29, 0.717) is 23.2 Å². The Bertz CT molecular complexity index is 500. The second-order valence-electron chi connectivity index (χ2n) is 5.58. The van der Waals surface area contributed by atoms with E-state index in [-0.39, 0.29) is 25.6 Å². The molecule has 2 rings (SSSR count). The first-order valence-corrected chi connectivity index (χ1v) is 7.57. The summed E-state index contributed by atoms with van der Waals surface area (Å²) < 4.78 is 6.93. The van der Waals surface area contributed by atoms with E-state index in [1.807, 2.05) is 6.92 Å². The van der Waals surface area contributed by atoms with Crippen LogP contribution in [0.2, 0.25) is 5.02 Å². The largest absolute Gasteiger partial charge is 0.389 e. The van der Waals surface area contributed by atoms with Crippen LogP contribution in [0.25, 0.3) is 0 Å². The molecule has 1 fully saturated rings. The molecule has 0 bridgehead atoms. The normalized spacial score (nSPS) is 16.0. The van der Waals surface area contributed by atoms with Crippen LogP contribution in [0, 0.1) is 19.8 Å². The van der Waals surface area contributed by atoms with Gasteiger partial charge in [0.15, 0.2) is 0 Å². The first kappa shape index (κ1) is 16.3. The van der Waals surface area contributed by atoms with Crippen molar-refractivity contribution in [2.24, 2.45) is 5.92 Å². The summed E-state index contributed by atoms with van der Waals surface area (Å²) in [6.07, 6.45) is 1.76. The van der Waals surface area contributed by atoms with E-state index < -0.39 is 6.10 Å². The second kappa shape index (κ2) is 7.24. The quantitative estimate of drug-likeness (QED) is 0.752. The monoisotopic (exact) mass is 315 g/mol. The lowest BCUT2D eigenvalue weighted by molar-refractivity contribution is -0.122. The number of hydrogen-bond donors (Lipinski definition) is 2. The number of ether oxygens (including phenoxy) is 1. The van der Waals surface area contributed by atoms with Crippen molar-refractivity contribution in [3.63, 3.8) is 0 Å². The smallest absolute Gasteiger partial charge is 0.241 e. The Morgan fingerprint density at radius 1 is 1.57 bits per heavy atom. The van der Waals surface area contributed by atoms with Gasteiger partial charge in [-0.1, -0.05) is 11.6 Å². The molecule has 118 valence electrons. The number of carbonyl (C=O) groups excluding carboxylic acids is 1. The predicted molar refractivity (Wildman–Crippen MR) is 79.3 cm³/mol. The van der Waals surface area contributed by atoms with Gasteiger partial charge in [-0.3, -0.25) is 9.48 Å². The molecule has 21 heavy (non-hydrogen) atoms. The lowest BCUT2D eigenvalue weighted by atomic mass is 10.3. The summed E-state index contributed by atoms with van der Waals surface area (Å²) >= 11 is 6.03. The molecule has 6 nitrogen and oxygen atoms in total. The number of nitrogens with zero attached hydrogens (tertiary/aromatic N) is 2. The highest BCUT2D eigenvalue weighted by molar-refractivity contribution is 6.31. The van der Waals surface area contributed by atoms with Gasteiger partial charge in [0.1, 0.15) is 6.54 Å². The molecule has 1 atom stereocenters. The molecule has 2 N–H and O–H groups in total. The van der Waals surface area contributed by atoms with E-state index in [1.165, 1.54) is 12.8 Å². The molecule has 1 aromatic rings. The zero-order valence-corrected chi connectivity index (χ0v) is 13.2. The Labute approximate surface area is 129 Å². The van der Waals surface area contributed by atoms with Crippen molar-refractivity contribution in [2.75, 3.05) is 19.8 Å². The number of aliphatic hydroxyl groups excluding tert-OH is 1. The Morgan fingerprint density at radius 3 is 2.86 bits per heavy atom. The van der Waals surface area contributed by atoms with Crippen LogP contribution < -0.4 is 5.32 Å². The fourth-order valence-corrected chi connectivity index (χ4v) is 2.10. The number of halogens is 1. The minimum atomic E-state index is -0.684. The summed E-state index contributed by atoms with van der Waals surface area (Å²) in [4.78, 5) is 11.8. The highest BCUT2D eigenvalue weighted by atomic mass is 35.5. The fraction of sp³-hybridized carbons (Fsp3) is 0.714. The zero-order chi connectivity index (χ0) is 15.4. The van der Waals surface area contributed by atoms with Crippen LogP contribution in [0.1, 0.15) is 24.2 Å². The standard InChI is InChI=1S/C14H22ClN3O3/c1-9-14(15)10(2)18(17-9)6-13(20)16-5-12(19)8-21-7-11-3-4-11/h11-12,19H,3-8H2,1-2H3,(H,16,20). The maximum atomic E-state index is 11.8. The predicted octanol–water partition coefficient (Wildman–Crippen LogP) is 1.06. The number of rotatable bonds is 8. The molecule has 1 aliphatic rings. The highest BCUT2D eigenvalue weighted by Crippen LogP contribution is 2.28. The number of amides is 1. The summed E-state index contributed by atoms with van der Waals surface area (Å²) in [5.74, 6) is 0.459. The Hall–Kier alpha value is -1.11. The van der Waals surface area contributed by atoms with Crippen molar-refractivity contribution in [3.8, 4) is 0 Å². The second-order valence-corrected chi connectivity index (χ2v) is 5.96. The molecule has 1 heterocycles. The van der Waals surface area contributed by atoms with Crippen LogP contribution in [-0.4, -0.2) is 46.7 Å². The third-order valence-corrected chi connectivity index (χ3v) is 4.03. The molecular weight excluding hydrogens is 294 g/mol. The summed E-state index contributed by atoms with van der Waals surface area (Å²) in [6.45, 7) is 4.84. The summed E-state index contributed by atoms with van der Waals surface area (Å²) in [5, 5.41) is 17.2. The first-order valence-electron chi connectivity index (χ1n) is 7.19. The number of aliphatic hydroxyl groups is 1. The van der Waals surface area contributed by atoms with Gasteiger partial charge in [-0.25, -0.2) is 0 Å². The average Bonchev–Trinajstić information content (AvgIpc) is 3.23. The minimum absolute atomic E-state index is 0.0923. The van der Waals surface area contributed by atoms with Gasteiger partial charge < -0.3 is 15.2 Å². The Morgan fingerprint density at radius 2 is 2.29 bits per heavy atom. The molecule has 0 radical (unpaired) electrons. The van der Waals surface area contributed by atoms with E-state index in [9.17, 15) is 9.90 Å². The summed E-state index contributed by atoms with van der Waals surface area (Å²) in [7, 11) is 0. The van der Waals surface area contributed by atoms with Crippen LogP contribution in [0.4, 0.5) is 0 Å². The highest BCUT2D eigenvalue weighted by Gasteiger charge is 2.21. The molecule has 0 aliphatic heterocycles. The molecule has 1 aliphatic carbocycles. The molecule has 0 aromatic carbocycles. The third kappa shape index (κ3) is 4.98. The lowest BCUT2D eigenvalue weighted by Gasteiger charge is -2.12. The fourth-order valence-electron chi connectivity index (χ4n) is 1.97. The van der Waals surface area contributed by atoms with Crippen molar-refractivity contribution in [2.45, 2.75) is 39.3 Å². The van der Waals surface area contributed by atoms with Crippen molar-refractivity contribution in [3.05, 3.63) is 16.4 Å². The average molecular weight is 316 g/mol. The van der Waals surface area contributed by atoms with Crippen LogP contribution in [0.5, 0.6) is 0 Å². The topological polar surface area (TPSA) is 76.4 Å². The van der Waals surface area contributed by atoms with Gasteiger partial charge in [0, 0.05) is 13.2 Å². The van der Waals surface area contributed by atoms with Crippen molar-refractivity contribution in [1.29, 1.82) is 0 Å². The van der Waals surface area contributed by atoms with Gasteiger partial charge in [0.25, 0.3) is 0 Å². The lowest BCUT2D eigenvalue weighted by Crippen LogP contribution is -2.36. The summed E-state index contributed by atoms with van der Waals surface area (Å²) in [5.41, 5.74) is 1.47. The van der Waals surface area contributed by atoms with Crippen LogP contribution in [0.3, 0.4) is 0 Å². The molecule has 1 unspecified atom stereocenters. The maximum absolute atomic E-state index is 11.8. The number of carbonyl (C=O) groups is 1. The Balaban J connectivity index is 1.67. The minimum Gasteiger partial charge on any atom is -0.389 e. The SMILES string of the molecule is Cc1nn(CC(=O)NCC(O)COCC2CC2)c(C)c1Cl. The van der Waals surface area contributed by atoms with Crippen molar-refractivity contribution >= 4 is 17.5 Å². The Kier molecular flexibility index (Phi) is 5.61. The van der Waals surface area contributed by atoms with Gasteiger partial charge in [0.2, 0.25) is 5.91 Å². The van der Waals surface area contributed by atoms with Crippen molar-refractivity contribution in [1.82, 2.24) is 15.1 Å². The van der Waals surface area contributed by atoms with E-state index in [0.717, 1.165) is 5.69 Å². The zero-order valence-electron chi connectivity index (χ0n) is 12.4. The van der Waals surface area contributed by atoms with Crippen LogP contribution >= 0.6 is 11.6 Å². The van der Waals surface area contributed by atoms with E-state index in [4.69, 9.17) is 16.3 Å². The van der Waals surface area contributed by atoms with Gasteiger partial charge in [0.05, 0.1) is 29.1 Å². The van der Waals surface area contributed by atoms with E-state index in [1.54, 1.807) is 11.6 Å². The molecule has 0 saturated heterocycles.